The fraction of sp³-hybridized carbons (Fsp3) is 0.458. The molecule has 2 saturated heterocycles. The number of hydrogen-bond acceptors (Lipinski definition) is 9. The van der Waals surface area contributed by atoms with Gasteiger partial charge in [-0.2, -0.15) is 9.97 Å². The van der Waals surface area contributed by atoms with Gasteiger partial charge in [0.2, 0.25) is 12.7 Å². The van der Waals surface area contributed by atoms with E-state index in [1.54, 1.807) is 25.4 Å². The molecule has 3 aliphatic heterocycles. The molecule has 5 heterocycles. The van der Waals surface area contributed by atoms with Crippen LogP contribution in [0.3, 0.4) is 0 Å². The highest BCUT2D eigenvalue weighted by Crippen LogP contribution is 2.44. The lowest BCUT2D eigenvalue weighted by molar-refractivity contribution is 0.00155. The molecule has 2 aromatic heterocycles. The minimum absolute atomic E-state index is 0.0418. The van der Waals surface area contributed by atoms with Crippen LogP contribution in [0.5, 0.6) is 11.5 Å². The van der Waals surface area contributed by atoms with Gasteiger partial charge >= 0.3 is 0 Å². The average molecular weight is 514 g/mol. The average Bonchev–Trinajstić information content (AvgIpc) is 3.56. The topological polar surface area (TPSA) is 117 Å². The number of aromatic nitrogens is 3. The Morgan fingerprint density at radius 2 is 1.89 bits per heavy atom. The second-order valence-corrected chi connectivity index (χ2v) is 9.44. The summed E-state index contributed by atoms with van der Waals surface area (Å²) < 4.78 is 17.0. The first-order valence-corrected chi connectivity index (χ1v) is 12.5. The molecule has 3 N–H and O–H groups in total. The maximum absolute atomic E-state index is 13.4. The first-order valence-electron chi connectivity index (χ1n) is 12.2. The van der Waals surface area contributed by atoms with Crippen LogP contribution in [0.2, 0.25) is 5.02 Å². The molecule has 3 aliphatic rings. The number of benzene rings is 1. The monoisotopic (exact) mass is 513 g/mol. The van der Waals surface area contributed by atoms with Crippen molar-refractivity contribution in [2.24, 2.45) is 0 Å². The number of ether oxygens (including phenoxy) is 3. The van der Waals surface area contributed by atoms with E-state index >= 15 is 0 Å². The number of fused-ring (bicyclic) bond motifs is 2. The molecular formula is C24H28ClN7O4. The predicted molar refractivity (Wildman–Crippen MR) is 136 cm³/mol. The third-order valence-corrected chi connectivity index (χ3v) is 7.33. The molecule has 0 spiro atoms. The van der Waals surface area contributed by atoms with Gasteiger partial charge in [-0.25, -0.2) is 0 Å². The highest BCUT2D eigenvalue weighted by Gasteiger charge is 2.32. The SMILES string of the molecule is CNc1nc(Nc2ccc(C(=O)N3CCC(N4CCOCC4)CC3)c3c2OCO3)nc2[nH]cc(Cl)c12. The van der Waals surface area contributed by atoms with Gasteiger partial charge < -0.3 is 34.7 Å². The number of carbonyl (C=O) groups excluding carboxylic acids is 1. The third-order valence-electron chi connectivity index (χ3n) is 7.03. The van der Waals surface area contributed by atoms with Crippen LogP contribution in [0.1, 0.15) is 23.2 Å². The van der Waals surface area contributed by atoms with Gasteiger partial charge in [-0.1, -0.05) is 11.6 Å². The summed E-state index contributed by atoms with van der Waals surface area (Å²) in [4.78, 5) is 29.9. The number of halogens is 1. The molecule has 0 bridgehead atoms. The summed E-state index contributed by atoms with van der Waals surface area (Å²) in [7, 11) is 1.77. The number of piperidine rings is 1. The van der Waals surface area contributed by atoms with E-state index in [4.69, 9.17) is 25.8 Å². The highest BCUT2D eigenvalue weighted by atomic mass is 35.5. The van der Waals surface area contributed by atoms with E-state index in [1.165, 1.54) is 0 Å². The number of amides is 1. The summed E-state index contributed by atoms with van der Waals surface area (Å²) in [6, 6.07) is 4.08. The van der Waals surface area contributed by atoms with Crippen molar-refractivity contribution < 1.29 is 19.0 Å². The number of H-pyrrole nitrogens is 1. The van der Waals surface area contributed by atoms with Gasteiger partial charge in [-0.15, -0.1) is 0 Å². The summed E-state index contributed by atoms with van der Waals surface area (Å²) in [6.45, 7) is 4.99. The summed E-state index contributed by atoms with van der Waals surface area (Å²) in [5, 5.41) is 7.50. The Kier molecular flexibility index (Phi) is 6.20. The predicted octanol–water partition coefficient (Wildman–Crippen LogP) is 3.06. The van der Waals surface area contributed by atoms with Gasteiger partial charge in [-0.05, 0) is 25.0 Å². The quantitative estimate of drug-likeness (QED) is 0.473. The Morgan fingerprint density at radius 3 is 2.67 bits per heavy atom. The smallest absolute Gasteiger partial charge is 0.257 e. The molecule has 11 nitrogen and oxygen atoms in total. The van der Waals surface area contributed by atoms with Crippen molar-refractivity contribution in [1.82, 2.24) is 24.8 Å². The number of likely N-dealkylation sites (tertiary alicyclic amines) is 1. The van der Waals surface area contributed by atoms with E-state index in [2.05, 4.69) is 30.5 Å². The number of anilines is 3. The van der Waals surface area contributed by atoms with Crippen molar-refractivity contribution in [3.05, 3.63) is 28.9 Å². The minimum atomic E-state index is -0.0418. The van der Waals surface area contributed by atoms with E-state index < -0.39 is 0 Å². The molecule has 0 radical (unpaired) electrons. The molecule has 190 valence electrons. The van der Waals surface area contributed by atoms with Crippen LogP contribution < -0.4 is 20.1 Å². The lowest BCUT2D eigenvalue weighted by Gasteiger charge is -2.40. The van der Waals surface area contributed by atoms with Crippen LogP contribution in [0.15, 0.2) is 18.3 Å². The number of carbonyl (C=O) groups is 1. The summed E-state index contributed by atoms with van der Waals surface area (Å²) >= 11 is 6.25. The number of nitrogens with one attached hydrogen (secondary N) is 3. The summed E-state index contributed by atoms with van der Waals surface area (Å²) in [6.07, 6.45) is 3.59. The van der Waals surface area contributed by atoms with Crippen molar-refractivity contribution in [2.45, 2.75) is 18.9 Å². The molecule has 0 atom stereocenters. The van der Waals surface area contributed by atoms with Gasteiger partial charge in [0, 0.05) is 45.5 Å². The molecule has 0 aliphatic carbocycles. The number of nitrogens with zero attached hydrogens (tertiary/aromatic N) is 4. The number of hydrogen-bond donors (Lipinski definition) is 3. The first kappa shape index (κ1) is 23.1. The first-order chi connectivity index (χ1) is 17.6. The molecule has 6 rings (SSSR count). The van der Waals surface area contributed by atoms with Gasteiger partial charge in [0.25, 0.3) is 5.91 Å². The number of morpholine rings is 1. The van der Waals surface area contributed by atoms with E-state index in [0.29, 0.717) is 56.6 Å². The van der Waals surface area contributed by atoms with Crippen LogP contribution >= 0.6 is 11.6 Å². The van der Waals surface area contributed by atoms with Gasteiger partial charge in [0.05, 0.1) is 34.9 Å². The Labute approximate surface area is 213 Å². The Balaban J connectivity index is 1.20. The largest absolute Gasteiger partial charge is 0.453 e. The molecule has 0 unspecified atom stereocenters. The van der Waals surface area contributed by atoms with Crippen molar-refractivity contribution >= 4 is 46.0 Å². The maximum atomic E-state index is 13.4. The molecular weight excluding hydrogens is 486 g/mol. The Hall–Kier alpha value is -3.28. The maximum Gasteiger partial charge on any atom is 0.257 e. The fourth-order valence-electron chi connectivity index (χ4n) is 5.16. The van der Waals surface area contributed by atoms with E-state index in [9.17, 15) is 4.79 Å². The van der Waals surface area contributed by atoms with Crippen LogP contribution in [-0.4, -0.2) is 89.9 Å². The van der Waals surface area contributed by atoms with Crippen molar-refractivity contribution in [2.75, 3.05) is 63.9 Å². The molecule has 0 saturated carbocycles. The van der Waals surface area contributed by atoms with E-state index in [-0.39, 0.29) is 12.7 Å². The van der Waals surface area contributed by atoms with Gasteiger partial charge in [0.1, 0.15) is 11.5 Å². The Bertz CT molecular complexity index is 1290. The molecule has 12 heteroatoms. The van der Waals surface area contributed by atoms with Gasteiger partial charge in [-0.3, -0.25) is 9.69 Å². The normalized spacial score (nSPS) is 18.6. The standard InChI is InChI=1S/C24H28ClN7O4/c1-26-21-18-16(25)12-27-22(18)30-24(29-21)28-17-3-2-15(19-20(17)36-13-35-19)23(33)32-6-4-14(5-7-32)31-8-10-34-11-9-31/h2-3,12,14H,4-11,13H2,1H3,(H3,26,27,28,29,30). The second kappa shape index (κ2) is 9.64. The van der Waals surface area contributed by atoms with Crippen LogP contribution in [0, 0.1) is 0 Å². The fourth-order valence-corrected chi connectivity index (χ4v) is 5.40. The van der Waals surface area contributed by atoms with E-state index in [1.807, 2.05) is 4.90 Å². The molecule has 1 aromatic carbocycles. The van der Waals surface area contributed by atoms with Crippen LogP contribution in [0.4, 0.5) is 17.5 Å². The van der Waals surface area contributed by atoms with Crippen molar-refractivity contribution in [1.29, 1.82) is 0 Å². The minimum Gasteiger partial charge on any atom is -0.453 e. The molecule has 36 heavy (non-hydrogen) atoms. The van der Waals surface area contributed by atoms with Crippen LogP contribution in [0.25, 0.3) is 11.0 Å². The molecule has 1 amide bonds. The molecule has 2 fully saturated rings. The van der Waals surface area contributed by atoms with Crippen LogP contribution in [-0.2, 0) is 4.74 Å². The van der Waals surface area contributed by atoms with E-state index in [0.717, 1.165) is 52.2 Å². The highest BCUT2D eigenvalue weighted by molar-refractivity contribution is 6.36. The second-order valence-electron chi connectivity index (χ2n) is 9.03. The third kappa shape index (κ3) is 4.16. The Morgan fingerprint density at radius 1 is 1.11 bits per heavy atom. The number of aromatic amines is 1. The molecule has 3 aromatic rings. The zero-order valence-electron chi connectivity index (χ0n) is 20.0. The van der Waals surface area contributed by atoms with Crippen molar-refractivity contribution in [3.63, 3.8) is 0 Å². The zero-order valence-corrected chi connectivity index (χ0v) is 20.7. The zero-order chi connectivity index (χ0) is 24.6. The summed E-state index contributed by atoms with van der Waals surface area (Å²) in [5.74, 6) is 1.82. The van der Waals surface area contributed by atoms with Gasteiger partial charge in [0.15, 0.2) is 11.5 Å². The summed E-state index contributed by atoms with van der Waals surface area (Å²) in [5.41, 5.74) is 1.72. The van der Waals surface area contributed by atoms with Crippen molar-refractivity contribution in [3.8, 4) is 11.5 Å². The lowest BCUT2D eigenvalue weighted by Crippen LogP contribution is -2.50. The number of rotatable bonds is 5. The lowest BCUT2D eigenvalue weighted by atomic mass is 10.0.